The molecule has 0 aliphatic rings. The van der Waals surface area contributed by atoms with Crippen molar-refractivity contribution < 1.29 is 24.0 Å². The molecule has 7 heteroatoms. The molecule has 1 amide bonds. The fraction of sp³-hybridized carbons (Fsp3) is 0.394. The highest BCUT2D eigenvalue weighted by molar-refractivity contribution is 7.09. The average molecular weight is 566 g/mol. The van der Waals surface area contributed by atoms with Crippen LogP contribution in [0.25, 0.3) is 0 Å². The lowest BCUT2D eigenvalue weighted by Crippen LogP contribution is -2.41. The van der Waals surface area contributed by atoms with Crippen molar-refractivity contribution in [2.75, 3.05) is 0 Å². The van der Waals surface area contributed by atoms with Gasteiger partial charge in [-0.25, -0.2) is 4.79 Å². The van der Waals surface area contributed by atoms with Gasteiger partial charge in [0.2, 0.25) is 5.91 Å². The van der Waals surface area contributed by atoms with Gasteiger partial charge in [0.05, 0.1) is 6.04 Å². The van der Waals surface area contributed by atoms with Crippen molar-refractivity contribution in [1.82, 2.24) is 5.32 Å². The van der Waals surface area contributed by atoms with E-state index in [4.69, 9.17) is 9.26 Å². The number of aromatic hydroxyl groups is 1. The van der Waals surface area contributed by atoms with Crippen LogP contribution in [0.5, 0.6) is 11.5 Å². The zero-order valence-corrected chi connectivity index (χ0v) is 26.9. The largest absolute Gasteiger partial charge is 0.507 e. The Morgan fingerprint density at radius 2 is 1.10 bits per heavy atom. The fourth-order valence-corrected chi connectivity index (χ4v) is 5.01. The van der Waals surface area contributed by atoms with Crippen LogP contribution in [0.4, 0.5) is 0 Å². The quantitative estimate of drug-likeness (QED) is 0.189. The first-order valence-electron chi connectivity index (χ1n) is 13.4. The van der Waals surface area contributed by atoms with Gasteiger partial charge in [0.1, 0.15) is 11.5 Å². The number of rotatable bonds is 6. The van der Waals surface area contributed by atoms with Crippen molar-refractivity contribution in [3.05, 3.63) is 91.5 Å². The van der Waals surface area contributed by atoms with E-state index in [-0.39, 0.29) is 5.91 Å². The number of benzene rings is 3. The third kappa shape index (κ3) is 7.10. The number of carbonyl (C=O) groups excluding carboxylic acids is 2. The molecule has 0 saturated heterocycles. The lowest BCUT2D eigenvalue weighted by atomic mass is 9.94. The predicted octanol–water partition coefficient (Wildman–Crippen LogP) is 7.12. The van der Waals surface area contributed by atoms with Gasteiger partial charge in [-0.3, -0.25) is 4.79 Å². The second-order valence-corrected chi connectivity index (χ2v) is 10.8. The Morgan fingerprint density at radius 3 is 1.50 bits per heavy atom. The number of hydrogen-bond acceptors (Lipinski definition) is 5. The van der Waals surface area contributed by atoms with Crippen LogP contribution in [0.1, 0.15) is 74.2 Å². The van der Waals surface area contributed by atoms with Gasteiger partial charge in [0, 0.05) is 16.4 Å². The number of amides is 1. The highest BCUT2D eigenvalue weighted by Crippen LogP contribution is 2.34. The van der Waals surface area contributed by atoms with Crippen molar-refractivity contribution in [1.29, 1.82) is 0 Å². The van der Waals surface area contributed by atoms with Crippen LogP contribution in [0.3, 0.4) is 0 Å². The van der Waals surface area contributed by atoms with Gasteiger partial charge in [0.15, 0.2) is 6.10 Å². The number of esters is 1. The number of phenolic OH excluding ortho intramolecular Hbond substituents is 1. The SMILES string of the molecule is CC(=O)NC(c1ccccc1)C(OP)C(=O)Oc1c(C)c(C)c(C)c(C)c1C.Cc1c(C)c(C)c(O)c(C)c1C. The summed E-state index contributed by atoms with van der Waals surface area (Å²) in [5, 5.41) is 12.5. The fourth-order valence-electron chi connectivity index (χ4n) is 4.74. The summed E-state index contributed by atoms with van der Waals surface area (Å²) in [7, 11) is 2.11. The first-order valence-corrected chi connectivity index (χ1v) is 13.8. The molecule has 0 saturated carbocycles. The minimum Gasteiger partial charge on any atom is -0.507 e. The van der Waals surface area contributed by atoms with Gasteiger partial charge in [-0.2, -0.15) is 0 Å². The summed E-state index contributed by atoms with van der Waals surface area (Å²) in [4.78, 5) is 24.8. The van der Waals surface area contributed by atoms with Crippen LogP contribution in [0.2, 0.25) is 0 Å². The molecule has 0 aliphatic heterocycles. The molecular formula is C33H44NO5P. The average Bonchev–Trinajstić information content (AvgIpc) is 2.94. The maximum atomic E-state index is 13.0. The summed E-state index contributed by atoms with van der Waals surface area (Å²) >= 11 is 0. The Hall–Kier alpha value is -3.21. The molecular weight excluding hydrogens is 521 g/mol. The molecule has 0 fully saturated rings. The van der Waals surface area contributed by atoms with Crippen LogP contribution < -0.4 is 10.1 Å². The summed E-state index contributed by atoms with van der Waals surface area (Å²) in [6, 6.07) is 8.56. The lowest BCUT2D eigenvalue weighted by molar-refractivity contribution is -0.143. The Kier molecular flexibility index (Phi) is 11.5. The van der Waals surface area contributed by atoms with Gasteiger partial charge >= 0.3 is 5.97 Å². The van der Waals surface area contributed by atoms with E-state index in [2.05, 4.69) is 42.5 Å². The van der Waals surface area contributed by atoms with Crippen LogP contribution in [0, 0.1) is 69.2 Å². The van der Waals surface area contributed by atoms with Crippen molar-refractivity contribution in [2.24, 2.45) is 0 Å². The van der Waals surface area contributed by atoms with E-state index in [1.807, 2.05) is 71.9 Å². The van der Waals surface area contributed by atoms with Crippen LogP contribution >= 0.6 is 9.47 Å². The molecule has 0 spiro atoms. The third-order valence-electron chi connectivity index (χ3n) is 8.29. The summed E-state index contributed by atoms with van der Waals surface area (Å²) in [6.07, 6.45) is -1.02. The summed E-state index contributed by atoms with van der Waals surface area (Å²) in [5.41, 5.74) is 11.7. The number of nitrogens with one attached hydrogen (secondary N) is 1. The van der Waals surface area contributed by atoms with E-state index in [0.717, 1.165) is 38.9 Å². The lowest BCUT2D eigenvalue weighted by Gasteiger charge is -2.26. The molecule has 3 aromatic carbocycles. The van der Waals surface area contributed by atoms with Gasteiger partial charge < -0.3 is 19.7 Å². The first-order chi connectivity index (χ1) is 18.6. The molecule has 3 unspecified atom stereocenters. The van der Waals surface area contributed by atoms with Crippen LogP contribution in [-0.2, 0) is 14.1 Å². The molecule has 0 bridgehead atoms. The van der Waals surface area contributed by atoms with E-state index < -0.39 is 18.1 Å². The summed E-state index contributed by atoms with van der Waals surface area (Å²) in [6.45, 7) is 21.5. The van der Waals surface area contributed by atoms with Gasteiger partial charge in [-0.1, -0.05) is 30.3 Å². The zero-order valence-electron chi connectivity index (χ0n) is 25.7. The highest BCUT2D eigenvalue weighted by Gasteiger charge is 2.33. The van der Waals surface area contributed by atoms with Crippen molar-refractivity contribution in [3.8, 4) is 11.5 Å². The molecule has 2 N–H and O–H groups in total. The standard InChI is InChI=1S/C22H28NO4P.C11H16O/c1-12-13(2)15(4)20(16(5)14(12)3)26-22(25)21(27-28)19(23-17(6)24)18-10-8-7-9-11-18;1-6-7(2)9(4)11(12)10(5)8(6)3/h7-11,19,21H,28H2,1-6H3,(H,23,24);12H,1-5H3. The predicted molar refractivity (Wildman–Crippen MR) is 165 cm³/mol. The van der Waals surface area contributed by atoms with Crippen LogP contribution in [-0.4, -0.2) is 23.1 Å². The van der Waals surface area contributed by atoms with E-state index in [0.29, 0.717) is 11.5 Å². The smallest absolute Gasteiger partial charge is 0.343 e. The van der Waals surface area contributed by atoms with Crippen LogP contribution in [0.15, 0.2) is 30.3 Å². The minimum atomic E-state index is -1.02. The Morgan fingerprint density at radius 1 is 0.700 bits per heavy atom. The molecule has 3 aromatic rings. The topological polar surface area (TPSA) is 84.9 Å². The molecule has 216 valence electrons. The van der Waals surface area contributed by atoms with Gasteiger partial charge in [0.25, 0.3) is 0 Å². The maximum Gasteiger partial charge on any atom is 0.343 e. The van der Waals surface area contributed by atoms with Gasteiger partial charge in [-0.15, -0.1) is 0 Å². The number of phenols is 1. The minimum absolute atomic E-state index is 0.261. The first kappa shape index (κ1) is 33.0. The summed E-state index contributed by atoms with van der Waals surface area (Å²) in [5.74, 6) is 0.178. The Labute approximate surface area is 241 Å². The van der Waals surface area contributed by atoms with E-state index in [1.54, 1.807) is 0 Å². The normalized spacial score (nSPS) is 12.2. The molecule has 3 rings (SSSR count). The van der Waals surface area contributed by atoms with Gasteiger partial charge in [-0.05, 0) is 130 Å². The number of hydrogen-bond donors (Lipinski definition) is 2. The highest BCUT2D eigenvalue weighted by atomic mass is 31.0. The van der Waals surface area contributed by atoms with E-state index in [1.165, 1.54) is 29.2 Å². The number of carbonyl (C=O) groups is 2. The third-order valence-corrected chi connectivity index (χ3v) is 8.59. The monoisotopic (exact) mass is 565 g/mol. The Balaban J connectivity index is 0.000000389. The second-order valence-electron chi connectivity index (χ2n) is 10.5. The van der Waals surface area contributed by atoms with Crippen molar-refractivity contribution in [3.63, 3.8) is 0 Å². The molecule has 0 heterocycles. The molecule has 0 radical (unpaired) electrons. The molecule has 0 aromatic heterocycles. The molecule has 6 nitrogen and oxygen atoms in total. The molecule has 0 aliphatic carbocycles. The molecule has 3 atom stereocenters. The second kappa shape index (κ2) is 13.9. The summed E-state index contributed by atoms with van der Waals surface area (Å²) < 4.78 is 11.2. The van der Waals surface area contributed by atoms with Crippen molar-refractivity contribution in [2.45, 2.75) is 88.3 Å². The van der Waals surface area contributed by atoms with Crippen molar-refractivity contribution >= 4 is 21.3 Å². The number of ether oxygens (including phenoxy) is 1. The zero-order chi connectivity index (χ0) is 30.5. The van der Waals surface area contributed by atoms with E-state index in [9.17, 15) is 14.7 Å². The van der Waals surface area contributed by atoms with E-state index >= 15 is 0 Å². The molecule has 40 heavy (non-hydrogen) atoms. The Bertz CT molecular complexity index is 1260. The maximum absolute atomic E-state index is 13.0.